The van der Waals surface area contributed by atoms with Gasteiger partial charge >= 0.3 is 5.97 Å². The lowest BCUT2D eigenvalue weighted by Gasteiger charge is -2.18. The van der Waals surface area contributed by atoms with Crippen LogP contribution in [0.1, 0.15) is 25.3 Å². The highest BCUT2D eigenvalue weighted by Crippen LogP contribution is 2.30. The average Bonchev–Trinajstić information content (AvgIpc) is 2.77. The first-order chi connectivity index (χ1) is 9.13. The standard InChI is InChI=1S/C15H18ClNO2/c1-3-19-15(18)14(13-8-5-9-17(13)2)11-6-4-7-12(16)10-11/h4,6-7,10H,3,5,8-9H2,1-2H3. The van der Waals surface area contributed by atoms with Crippen molar-refractivity contribution in [2.24, 2.45) is 0 Å². The molecule has 0 spiro atoms. The molecule has 1 aromatic carbocycles. The van der Waals surface area contributed by atoms with Crippen molar-refractivity contribution in [3.05, 3.63) is 40.5 Å². The minimum atomic E-state index is -0.270. The molecule has 102 valence electrons. The largest absolute Gasteiger partial charge is 0.462 e. The minimum absolute atomic E-state index is 0.270. The van der Waals surface area contributed by atoms with Crippen LogP contribution in [0, 0.1) is 0 Å². The van der Waals surface area contributed by atoms with Gasteiger partial charge < -0.3 is 9.64 Å². The lowest BCUT2D eigenvalue weighted by atomic mass is 10.0. The lowest BCUT2D eigenvalue weighted by molar-refractivity contribution is -0.136. The maximum absolute atomic E-state index is 12.2. The van der Waals surface area contributed by atoms with E-state index in [0.29, 0.717) is 17.2 Å². The molecule has 0 unspecified atom stereocenters. The fraction of sp³-hybridized carbons (Fsp3) is 0.400. The van der Waals surface area contributed by atoms with Gasteiger partial charge in [-0.05, 0) is 37.5 Å². The van der Waals surface area contributed by atoms with Gasteiger partial charge in [-0.1, -0.05) is 23.7 Å². The zero-order valence-corrected chi connectivity index (χ0v) is 12.0. The summed E-state index contributed by atoms with van der Waals surface area (Å²) in [6.07, 6.45) is 1.96. The summed E-state index contributed by atoms with van der Waals surface area (Å²) in [4.78, 5) is 14.4. The average molecular weight is 280 g/mol. The summed E-state index contributed by atoms with van der Waals surface area (Å²) in [5, 5.41) is 0.626. The summed E-state index contributed by atoms with van der Waals surface area (Å²) >= 11 is 6.03. The van der Waals surface area contributed by atoms with Gasteiger partial charge in [0.15, 0.2) is 0 Å². The number of allylic oxidation sites excluding steroid dienone is 1. The SMILES string of the molecule is CCOC(=O)C(=C1CCCN1C)c1cccc(Cl)c1. The number of benzene rings is 1. The van der Waals surface area contributed by atoms with Gasteiger partial charge in [0.2, 0.25) is 0 Å². The van der Waals surface area contributed by atoms with Crippen LogP contribution < -0.4 is 0 Å². The Balaban J connectivity index is 2.49. The zero-order chi connectivity index (χ0) is 13.8. The van der Waals surface area contributed by atoms with Crippen molar-refractivity contribution >= 4 is 23.1 Å². The number of halogens is 1. The molecule has 2 rings (SSSR count). The van der Waals surface area contributed by atoms with E-state index in [9.17, 15) is 4.79 Å². The van der Waals surface area contributed by atoms with E-state index in [4.69, 9.17) is 16.3 Å². The number of esters is 1. The topological polar surface area (TPSA) is 29.5 Å². The molecule has 1 aliphatic heterocycles. The molecule has 0 atom stereocenters. The Morgan fingerprint density at radius 2 is 2.26 bits per heavy atom. The fourth-order valence-corrected chi connectivity index (χ4v) is 2.57. The molecule has 19 heavy (non-hydrogen) atoms. The molecule has 1 heterocycles. The van der Waals surface area contributed by atoms with Crippen LogP contribution in [0.4, 0.5) is 0 Å². The van der Waals surface area contributed by atoms with Crippen molar-refractivity contribution in [1.29, 1.82) is 0 Å². The normalized spacial score (nSPS) is 17.5. The first-order valence-corrected chi connectivity index (χ1v) is 6.88. The van der Waals surface area contributed by atoms with E-state index in [1.807, 2.05) is 32.2 Å². The van der Waals surface area contributed by atoms with E-state index in [-0.39, 0.29) is 5.97 Å². The maximum atomic E-state index is 12.2. The van der Waals surface area contributed by atoms with Crippen LogP contribution >= 0.6 is 11.6 Å². The molecule has 0 radical (unpaired) electrons. The van der Waals surface area contributed by atoms with Crippen molar-refractivity contribution in [3.8, 4) is 0 Å². The molecule has 1 fully saturated rings. The number of carbonyl (C=O) groups is 1. The molecule has 0 saturated carbocycles. The first-order valence-electron chi connectivity index (χ1n) is 6.50. The molecule has 0 N–H and O–H groups in total. The Labute approximate surface area is 118 Å². The van der Waals surface area contributed by atoms with Crippen LogP contribution in [0.2, 0.25) is 5.02 Å². The number of likely N-dealkylation sites (tertiary alicyclic amines) is 1. The monoisotopic (exact) mass is 279 g/mol. The molecule has 1 aromatic rings. The molecular weight excluding hydrogens is 262 g/mol. The predicted octanol–water partition coefficient (Wildman–Crippen LogP) is 3.34. The first kappa shape index (κ1) is 13.9. The van der Waals surface area contributed by atoms with Crippen LogP contribution in [0.15, 0.2) is 30.0 Å². The van der Waals surface area contributed by atoms with Gasteiger partial charge in [-0.25, -0.2) is 4.79 Å². The fourth-order valence-electron chi connectivity index (χ4n) is 2.37. The van der Waals surface area contributed by atoms with Gasteiger partial charge in [0, 0.05) is 24.3 Å². The number of ether oxygens (including phenoxy) is 1. The number of hydrogen-bond donors (Lipinski definition) is 0. The summed E-state index contributed by atoms with van der Waals surface area (Å²) in [5.74, 6) is -0.270. The number of nitrogens with zero attached hydrogens (tertiary/aromatic N) is 1. The van der Waals surface area contributed by atoms with Crippen LogP contribution in [-0.4, -0.2) is 31.1 Å². The third kappa shape index (κ3) is 3.10. The lowest BCUT2D eigenvalue weighted by Crippen LogP contribution is -2.17. The van der Waals surface area contributed by atoms with E-state index in [0.717, 1.165) is 30.6 Å². The van der Waals surface area contributed by atoms with Crippen LogP contribution in [0.25, 0.3) is 5.57 Å². The molecule has 0 amide bonds. The van der Waals surface area contributed by atoms with Crippen LogP contribution in [0.5, 0.6) is 0 Å². The van der Waals surface area contributed by atoms with Crippen molar-refractivity contribution in [2.75, 3.05) is 20.2 Å². The van der Waals surface area contributed by atoms with E-state index in [1.165, 1.54) is 0 Å². The second kappa shape index (κ2) is 6.11. The van der Waals surface area contributed by atoms with Crippen LogP contribution in [0.3, 0.4) is 0 Å². The molecule has 0 bridgehead atoms. The van der Waals surface area contributed by atoms with Gasteiger partial charge in [0.1, 0.15) is 0 Å². The van der Waals surface area contributed by atoms with E-state index < -0.39 is 0 Å². The minimum Gasteiger partial charge on any atom is -0.462 e. The molecule has 1 aliphatic rings. The highest BCUT2D eigenvalue weighted by Gasteiger charge is 2.24. The predicted molar refractivity (Wildman–Crippen MR) is 76.9 cm³/mol. The Morgan fingerprint density at radius 1 is 1.47 bits per heavy atom. The molecule has 0 aromatic heterocycles. The van der Waals surface area contributed by atoms with Crippen molar-refractivity contribution < 1.29 is 9.53 Å². The number of carbonyl (C=O) groups excluding carboxylic acids is 1. The molecule has 0 aliphatic carbocycles. The quantitative estimate of drug-likeness (QED) is 0.628. The maximum Gasteiger partial charge on any atom is 0.340 e. The van der Waals surface area contributed by atoms with E-state index in [1.54, 1.807) is 6.07 Å². The highest BCUT2D eigenvalue weighted by atomic mass is 35.5. The number of rotatable bonds is 3. The third-order valence-corrected chi connectivity index (χ3v) is 3.48. The Bertz CT molecular complexity index is 511. The molecule has 1 saturated heterocycles. The van der Waals surface area contributed by atoms with Gasteiger partial charge in [-0.3, -0.25) is 0 Å². The second-order valence-corrected chi connectivity index (χ2v) is 5.01. The van der Waals surface area contributed by atoms with Gasteiger partial charge in [-0.2, -0.15) is 0 Å². The number of hydrogen-bond acceptors (Lipinski definition) is 3. The summed E-state index contributed by atoms with van der Waals surface area (Å²) in [6, 6.07) is 7.37. The van der Waals surface area contributed by atoms with Crippen molar-refractivity contribution in [1.82, 2.24) is 4.90 Å². The van der Waals surface area contributed by atoms with Gasteiger partial charge in [-0.15, -0.1) is 0 Å². The second-order valence-electron chi connectivity index (χ2n) is 4.58. The molecular formula is C15H18ClNO2. The summed E-state index contributed by atoms with van der Waals surface area (Å²) < 4.78 is 5.19. The Hall–Kier alpha value is -1.48. The van der Waals surface area contributed by atoms with Crippen LogP contribution in [-0.2, 0) is 9.53 Å². The third-order valence-electron chi connectivity index (χ3n) is 3.25. The smallest absolute Gasteiger partial charge is 0.340 e. The van der Waals surface area contributed by atoms with Crippen molar-refractivity contribution in [2.45, 2.75) is 19.8 Å². The van der Waals surface area contributed by atoms with Crippen molar-refractivity contribution in [3.63, 3.8) is 0 Å². The van der Waals surface area contributed by atoms with E-state index in [2.05, 4.69) is 4.90 Å². The van der Waals surface area contributed by atoms with Gasteiger partial charge in [0.05, 0.1) is 12.2 Å². The van der Waals surface area contributed by atoms with Gasteiger partial charge in [0.25, 0.3) is 0 Å². The molecule has 3 nitrogen and oxygen atoms in total. The molecule has 4 heteroatoms. The Kier molecular flexibility index (Phi) is 4.48. The summed E-state index contributed by atoms with van der Waals surface area (Å²) in [5.41, 5.74) is 2.51. The summed E-state index contributed by atoms with van der Waals surface area (Å²) in [6.45, 7) is 3.16. The summed E-state index contributed by atoms with van der Waals surface area (Å²) in [7, 11) is 2.01. The highest BCUT2D eigenvalue weighted by molar-refractivity contribution is 6.31. The Morgan fingerprint density at radius 3 is 2.84 bits per heavy atom. The zero-order valence-electron chi connectivity index (χ0n) is 11.3. The van der Waals surface area contributed by atoms with E-state index >= 15 is 0 Å².